The van der Waals surface area contributed by atoms with Gasteiger partial charge in [-0.25, -0.2) is 18.4 Å². The first-order valence-electron chi connectivity index (χ1n) is 13.0. The highest BCUT2D eigenvalue weighted by Gasteiger charge is 2.42. The quantitative estimate of drug-likeness (QED) is 0.232. The number of carbonyl (C=O) groups excluding carboxylic acids is 1. The van der Waals surface area contributed by atoms with Crippen LogP contribution in [-0.2, 0) is 10.0 Å². The van der Waals surface area contributed by atoms with Crippen LogP contribution in [0, 0.1) is 5.21 Å². The Morgan fingerprint density at radius 3 is 2.15 bits per heavy atom. The van der Waals surface area contributed by atoms with Gasteiger partial charge in [0.15, 0.2) is 18.2 Å². The molecule has 4 aromatic rings. The first kappa shape index (κ1) is 28.8. The van der Waals surface area contributed by atoms with Crippen molar-refractivity contribution in [1.82, 2.24) is 19.2 Å². The van der Waals surface area contributed by atoms with Gasteiger partial charge in [0, 0.05) is 73.5 Å². The molecular weight excluding hydrogens is 570 g/mol. The van der Waals surface area contributed by atoms with E-state index in [0.29, 0.717) is 26.5 Å². The third-order valence-corrected chi connectivity index (χ3v) is 9.21. The molecule has 2 aromatic carbocycles. The highest BCUT2D eigenvalue weighted by molar-refractivity contribution is 7.89. The molecule has 0 saturated carbocycles. The summed E-state index contributed by atoms with van der Waals surface area (Å²) in [6.07, 6.45) is 5.65. The fraction of sp³-hybridized carbons (Fsp3) is 0.286. The summed E-state index contributed by atoms with van der Waals surface area (Å²) in [5, 5.41) is 33.0. The van der Waals surface area contributed by atoms with E-state index < -0.39 is 28.0 Å². The van der Waals surface area contributed by atoms with Crippen LogP contribution in [0.1, 0.15) is 23.2 Å². The van der Waals surface area contributed by atoms with Gasteiger partial charge in [0.05, 0.1) is 10.5 Å². The molecule has 5 rings (SSSR count). The van der Waals surface area contributed by atoms with Crippen LogP contribution in [0.25, 0.3) is 22.2 Å². The van der Waals surface area contributed by atoms with Crippen LogP contribution in [0.2, 0.25) is 5.02 Å². The average molecular weight is 598 g/mol. The number of halogens is 1. The Bertz CT molecular complexity index is 1640. The zero-order valence-electron chi connectivity index (χ0n) is 21.9. The molecule has 3 heterocycles. The minimum atomic E-state index is -3.97. The molecule has 2 aromatic heterocycles. The highest BCUT2D eigenvalue weighted by atomic mass is 35.5. The summed E-state index contributed by atoms with van der Waals surface area (Å²) in [7, 11) is -3.97. The smallest absolute Gasteiger partial charge is 0.257 e. The molecule has 0 bridgehead atoms. The van der Waals surface area contributed by atoms with Gasteiger partial charge in [0.1, 0.15) is 0 Å². The number of nitrogens with zero attached hydrogens (tertiary/aromatic N) is 5. The number of hydrogen-bond acceptors (Lipinski definition) is 8. The van der Waals surface area contributed by atoms with Gasteiger partial charge in [0.2, 0.25) is 10.0 Å². The minimum absolute atomic E-state index is 0.0344. The SMILES string of the molecule is O=C(c1cnc(-c2cc[n+]([O-])cc2)nc1)N1C(CCO)CN(S(=O)(=O)c2ccc3cc(Cl)ccc3c2)CC1CCO. The van der Waals surface area contributed by atoms with Crippen molar-refractivity contribution in [2.24, 2.45) is 0 Å². The minimum Gasteiger partial charge on any atom is -0.619 e. The lowest BCUT2D eigenvalue weighted by Gasteiger charge is -2.46. The summed E-state index contributed by atoms with van der Waals surface area (Å²) < 4.78 is 29.5. The zero-order chi connectivity index (χ0) is 29.1. The summed E-state index contributed by atoms with van der Waals surface area (Å²) >= 11 is 6.07. The number of aliphatic hydroxyl groups excluding tert-OH is 2. The van der Waals surface area contributed by atoms with E-state index in [1.54, 1.807) is 42.5 Å². The van der Waals surface area contributed by atoms with Gasteiger partial charge < -0.3 is 20.3 Å². The average Bonchev–Trinajstić information content (AvgIpc) is 2.97. The third kappa shape index (κ3) is 6.02. The second-order valence-corrected chi connectivity index (χ2v) is 12.1. The van der Waals surface area contributed by atoms with Gasteiger partial charge in [-0.3, -0.25) is 4.79 Å². The van der Waals surface area contributed by atoms with Gasteiger partial charge in [-0.15, -0.1) is 0 Å². The Kier molecular flexibility index (Phi) is 8.47. The van der Waals surface area contributed by atoms with Gasteiger partial charge in [-0.05, 0) is 47.9 Å². The third-order valence-electron chi connectivity index (χ3n) is 7.15. The standard InChI is InChI=1S/C28H28ClN5O6S/c29-23-3-1-21-14-26(4-2-20(21)13-23)41(39,40)33-17-24(7-11-35)34(25(18-33)8-12-36)28(37)22-15-30-27(31-16-22)19-5-9-32(38)10-6-19/h1-6,9-10,13-16,24-25,35-36H,7-8,11-12,17-18H2. The van der Waals surface area contributed by atoms with Crippen LogP contribution in [0.4, 0.5) is 0 Å². The Balaban J connectivity index is 1.43. The predicted octanol–water partition coefficient (Wildman–Crippen LogP) is 2.23. The van der Waals surface area contributed by atoms with Crippen molar-refractivity contribution in [3.63, 3.8) is 0 Å². The second-order valence-electron chi connectivity index (χ2n) is 9.76. The molecule has 0 radical (unpaired) electrons. The Labute approximate surface area is 241 Å². The van der Waals surface area contributed by atoms with Crippen molar-refractivity contribution in [2.45, 2.75) is 29.8 Å². The lowest BCUT2D eigenvalue weighted by molar-refractivity contribution is -0.605. The van der Waals surface area contributed by atoms with Crippen LogP contribution in [0.3, 0.4) is 0 Å². The number of sulfonamides is 1. The number of amides is 1. The number of fused-ring (bicyclic) bond motifs is 1. The first-order valence-corrected chi connectivity index (χ1v) is 14.8. The number of rotatable bonds is 8. The van der Waals surface area contributed by atoms with E-state index in [-0.39, 0.29) is 49.6 Å². The van der Waals surface area contributed by atoms with Crippen LogP contribution in [0.5, 0.6) is 0 Å². The molecular formula is C28H28ClN5O6S. The lowest BCUT2D eigenvalue weighted by atomic mass is 10.0. The van der Waals surface area contributed by atoms with Crippen molar-refractivity contribution >= 4 is 38.3 Å². The normalized spacial score (nSPS) is 18.1. The maximum Gasteiger partial charge on any atom is 0.257 e. The fourth-order valence-electron chi connectivity index (χ4n) is 5.11. The molecule has 1 fully saturated rings. The number of piperazine rings is 1. The maximum absolute atomic E-state index is 13.8. The topological polar surface area (TPSA) is 151 Å². The summed E-state index contributed by atoms with van der Waals surface area (Å²) in [4.78, 5) is 23.9. The molecule has 2 atom stereocenters. The summed E-state index contributed by atoms with van der Waals surface area (Å²) in [5.41, 5.74) is 0.780. The number of benzene rings is 2. The van der Waals surface area contributed by atoms with E-state index in [1.807, 2.05) is 0 Å². The Morgan fingerprint density at radius 2 is 1.54 bits per heavy atom. The van der Waals surface area contributed by atoms with Crippen LogP contribution in [0.15, 0.2) is 78.2 Å². The molecule has 1 aliphatic rings. The van der Waals surface area contributed by atoms with Crippen molar-refractivity contribution in [3.05, 3.63) is 89.1 Å². The molecule has 0 aliphatic carbocycles. The van der Waals surface area contributed by atoms with Crippen LogP contribution < -0.4 is 4.73 Å². The fourth-order valence-corrected chi connectivity index (χ4v) is 6.84. The van der Waals surface area contributed by atoms with Crippen LogP contribution in [-0.4, -0.2) is 82.1 Å². The molecule has 0 spiro atoms. The van der Waals surface area contributed by atoms with Gasteiger partial charge in [-0.1, -0.05) is 23.7 Å². The molecule has 214 valence electrons. The predicted molar refractivity (Wildman–Crippen MR) is 151 cm³/mol. The van der Waals surface area contributed by atoms with Gasteiger partial charge in [-0.2, -0.15) is 9.04 Å². The Morgan fingerprint density at radius 1 is 0.951 bits per heavy atom. The van der Waals surface area contributed by atoms with Gasteiger partial charge in [0.25, 0.3) is 5.91 Å². The lowest BCUT2D eigenvalue weighted by Crippen LogP contribution is -2.62. The van der Waals surface area contributed by atoms with Crippen molar-refractivity contribution in [1.29, 1.82) is 0 Å². The molecule has 1 amide bonds. The van der Waals surface area contributed by atoms with Crippen molar-refractivity contribution < 1.29 is 28.2 Å². The molecule has 2 unspecified atom stereocenters. The zero-order valence-corrected chi connectivity index (χ0v) is 23.4. The molecule has 1 aliphatic heterocycles. The van der Waals surface area contributed by atoms with E-state index in [0.717, 1.165) is 5.39 Å². The van der Waals surface area contributed by atoms with Crippen molar-refractivity contribution in [2.75, 3.05) is 26.3 Å². The Hall–Kier alpha value is -3.68. The second kappa shape index (κ2) is 12.0. The van der Waals surface area contributed by atoms with Crippen molar-refractivity contribution in [3.8, 4) is 11.4 Å². The van der Waals surface area contributed by atoms with E-state index in [2.05, 4.69) is 9.97 Å². The number of pyridine rings is 1. The van der Waals surface area contributed by atoms with E-state index in [4.69, 9.17) is 11.6 Å². The largest absolute Gasteiger partial charge is 0.619 e. The first-order chi connectivity index (χ1) is 19.7. The summed E-state index contributed by atoms with van der Waals surface area (Å²) in [5.74, 6) is -0.104. The molecule has 1 saturated heterocycles. The molecule has 13 heteroatoms. The van der Waals surface area contributed by atoms with Crippen LogP contribution >= 0.6 is 11.6 Å². The maximum atomic E-state index is 13.8. The van der Waals surface area contributed by atoms with E-state index in [9.17, 15) is 28.6 Å². The summed E-state index contributed by atoms with van der Waals surface area (Å²) in [6, 6.07) is 11.8. The van der Waals surface area contributed by atoms with E-state index >= 15 is 0 Å². The molecule has 2 N–H and O–H groups in total. The molecule has 41 heavy (non-hydrogen) atoms. The molecule has 11 nitrogen and oxygen atoms in total. The highest BCUT2D eigenvalue weighted by Crippen LogP contribution is 2.30. The number of carbonyl (C=O) groups is 1. The monoisotopic (exact) mass is 597 g/mol. The number of hydrogen-bond donors (Lipinski definition) is 2. The number of aromatic nitrogens is 3. The summed E-state index contributed by atoms with van der Waals surface area (Å²) in [6.45, 7) is -0.608. The van der Waals surface area contributed by atoms with Gasteiger partial charge >= 0.3 is 0 Å². The number of aliphatic hydroxyl groups is 2. The van der Waals surface area contributed by atoms with E-state index in [1.165, 1.54) is 40.1 Å².